The zero-order valence-electron chi connectivity index (χ0n) is 13.5. The number of benzene rings is 1. The predicted octanol–water partition coefficient (Wildman–Crippen LogP) is 4.00. The highest BCUT2D eigenvalue weighted by Crippen LogP contribution is 2.34. The molecule has 2 heterocycles. The van der Waals surface area contributed by atoms with Crippen LogP contribution in [0.3, 0.4) is 0 Å². The largest absolute Gasteiger partial charge is 0.483 e. The third kappa shape index (κ3) is 3.59. The van der Waals surface area contributed by atoms with Gasteiger partial charge >= 0.3 is 5.97 Å². The number of pyridine rings is 1. The minimum atomic E-state index is -0.309. The number of carbonyl (C=O) groups excluding carboxylic acids is 1. The Morgan fingerprint density at radius 3 is 2.78 bits per heavy atom. The van der Waals surface area contributed by atoms with Gasteiger partial charge in [-0.1, -0.05) is 12.1 Å². The van der Waals surface area contributed by atoms with Crippen LogP contribution in [0.5, 0.6) is 5.75 Å². The molecule has 0 unspecified atom stereocenters. The Labute approximate surface area is 135 Å². The van der Waals surface area contributed by atoms with Crippen LogP contribution >= 0.6 is 0 Å². The van der Waals surface area contributed by atoms with Crippen molar-refractivity contribution < 1.29 is 14.3 Å². The van der Waals surface area contributed by atoms with Crippen LogP contribution in [0.1, 0.15) is 32.0 Å². The second-order valence-corrected chi connectivity index (χ2v) is 6.11. The van der Waals surface area contributed by atoms with E-state index < -0.39 is 0 Å². The summed E-state index contributed by atoms with van der Waals surface area (Å²) < 4.78 is 10.9. The number of fused-ring (bicyclic) bond motifs is 1. The van der Waals surface area contributed by atoms with Crippen LogP contribution in [0.15, 0.2) is 42.6 Å². The number of nitrogens with zero attached hydrogens (tertiary/aromatic N) is 1. The van der Waals surface area contributed by atoms with Crippen molar-refractivity contribution in [2.24, 2.45) is 0 Å². The van der Waals surface area contributed by atoms with Gasteiger partial charge in [0.25, 0.3) is 0 Å². The topological polar surface area (TPSA) is 48.4 Å². The van der Waals surface area contributed by atoms with Gasteiger partial charge in [0, 0.05) is 18.7 Å². The normalized spacial score (nSPS) is 14.7. The first-order chi connectivity index (χ1) is 10.9. The van der Waals surface area contributed by atoms with Crippen molar-refractivity contribution in [2.75, 3.05) is 0 Å². The lowest BCUT2D eigenvalue weighted by atomic mass is 9.98. The van der Waals surface area contributed by atoms with Crippen molar-refractivity contribution in [3.05, 3.63) is 53.9 Å². The van der Waals surface area contributed by atoms with Crippen LogP contribution < -0.4 is 4.74 Å². The summed E-state index contributed by atoms with van der Waals surface area (Å²) in [6.45, 7) is 5.64. The number of hydrogen-bond donors (Lipinski definition) is 0. The summed E-state index contributed by atoms with van der Waals surface area (Å²) in [5, 5.41) is 0. The van der Waals surface area contributed by atoms with Gasteiger partial charge in [-0.25, -0.2) is 0 Å². The van der Waals surface area contributed by atoms with E-state index in [1.165, 1.54) is 6.92 Å². The highest BCUT2D eigenvalue weighted by molar-refractivity contribution is 5.72. The SMILES string of the molecule is CC(=O)OCc1cc(-c2ccc3c(c2)C=CC(C)(C)O3)ccn1. The van der Waals surface area contributed by atoms with Crippen LogP contribution in [0.2, 0.25) is 0 Å². The standard InChI is InChI=1S/C19H19NO3/c1-13(21)22-12-17-11-15(7-9-20-17)14-4-5-18-16(10-14)6-8-19(2,3)23-18/h4-11H,12H2,1-3H3. The van der Waals surface area contributed by atoms with Gasteiger partial charge in [-0.05, 0) is 55.3 Å². The van der Waals surface area contributed by atoms with E-state index in [1.807, 2.05) is 38.1 Å². The molecule has 0 atom stereocenters. The number of rotatable bonds is 3. The highest BCUT2D eigenvalue weighted by atomic mass is 16.5. The van der Waals surface area contributed by atoms with Crippen LogP contribution in [0.25, 0.3) is 17.2 Å². The molecular weight excluding hydrogens is 290 g/mol. The molecule has 0 N–H and O–H groups in total. The Kier molecular flexibility index (Phi) is 3.90. The first-order valence-electron chi connectivity index (χ1n) is 7.54. The minimum absolute atomic E-state index is 0.186. The summed E-state index contributed by atoms with van der Waals surface area (Å²) in [5.74, 6) is 0.575. The maximum atomic E-state index is 10.9. The molecule has 1 aliphatic rings. The Hall–Kier alpha value is -2.62. The maximum absolute atomic E-state index is 10.9. The second-order valence-electron chi connectivity index (χ2n) is 6.11. The fourth-order valence-electron chi connectivity index (χ4n) is 2.47. The molecule has 0 amide bonds. The molecule has 0 bridgehead atoms. The third-order valence-electron chi connectivity index (χ3n) is 3.62. The van der Waals surface area contributed by atoms with Gasteiger partial charge < -0.3 is 9.47 Å². The van der Waals surface area contributed by atoms with E-state index in [0.717, 1.165) is 28.1 Å². The lowest BCUT2D eigenvalue weighted by molar-refractivity contribution is -0.142. The van der Waals surface area contributed by atoms with Crippen LogP contribution in [0, 0.1) is 0 Å². The summed E-state index contributed by atoms with van der Waals surface area (Å²) in [5.41, 5.74) is 3.61. The predicted molar refractivity (Wildman–Crippen MR) is 88.9 cm³/mol. The Morgan fingerprint density at radius 2 is 2.00 bits per heavy atom. The number of esters is 1. The van der Waals surface area contributed by atoms with Gasteiger partial charge in [-0.2, -0.15) is 0 Å². The first kappa shape index (κ1) is 15.3. The quantitative estimate of drug-likeness (QED) is 0.804. The van der Waals surface area contributed by atoms with E-state index in [0.29, 0.717) is 0 Å². The van der Waals surface area contributed by atoms with Gasteiger partial charge in [0.05, 0.1) is 5.69 Å². The summed E-state index contributed by atoms with van der Waals surface area (Å²) in [4.78, 5) is 15.1. The first-order valence-corrected chi connectivity index (χ1v) is 7.54. The molecule has 23 heavy (non-hydrogen) atoms. The Morgan fingerprint density at radius 1 is 1.22 bits per heavy atom. The highest BCUT2D eigenvalue weighted by Gasteiger charge is 2.21. The summed E-state index contributed by atoms with van der Waals surface area (Å²) in [6, 6.07) is 9.98. The zero-order valence-corrected chi connectivity index (χ0v) is 13.5. The number of aromatic nitrogens is 1. The van der Waals surface area contributed by atoms with E-state index in [1.54, 1.807) is 6.20 Å². The molecule has 0 saturated heterocycles. The maximum Gasteiger partial charge on any atom is 0.303 e. The zero-order chi connectivity index (χ0) is 16.4. The summed E-state index contributed by atoms with van der Waals surface area (Å²) in [6.07, 6.45) is 5.87. The van der Waals surface area contributed by atoms with E-state index in [9.17, 15) is 4.79 Å². The minimum Gasteiger partial charge on any atom is -0.483 e. The molecule has 0 fully saturated rings. The second kappa shape index (κ2) is 5.88. The molecule has 4 heteroatoms. The summed E-state index contributed by atoms with van der Waals surface area (Å²) in [7, 11) is 0. The molecule has 3 rings (SSSR count). The fourth-order valence-corrected chi connectivity index (χ4v) is 2.47. The van der Waals surface area contributed by atoms with Crippen LogP contribution in [-0.2, 0) is 16.1 Å². The molecule has 0 aliphatic carbocycles. The molecule has 4 nitrogen and oxygen atoms in total. The molecule has 0 spiro atoms. The van der Waals surface area contributed by atoms with E-state index in [-0.39, 0.29) is 18.2 Å². The monoisotopic (exact) mass is 309 g/mol. The number of hydrogen-bond acceptors (Lipinski definition) is 4. The van der Waals surface area contributed by atoms with Gasteiger partial charge in [0.1, 0.15) is 18.0 Å². The summed E-state index contributed by atoms with van der Waals surface area (Å²) >= 11 is 0. The van der Waals surface area contributed by atoms with Crippen molar-refractivity contribution in [2.45, 2.75) is 33.0 Å². The molecule has 1 aromatic heterocycles. The molecule has 0 saturated carbocycles. The third-order valence-corrected chi connectivity index (χ3v) is 3.62. The van der Waals surface area contributed by atoms with E-state index in [4.69, 9.17) is 9.47 Å². The number of carbonyl (C=O) groups is 1. The fraction of sp³-hybridized carbons (Fsp3) is 0.263. The van der Waals surface area contributed by atoms with Gasteiger partial charge in [0.2, 0.25) is 0 Å². The van der Waals surface area contributed by atoms with Crippen LogP contribution in [0.4, 0.5) is 0 Å². The molecular formula is C19H19NO3. The smallest absolute Gasteiger partial charge is 0.303 e. The van der Waals surface area contributed by atoms with Gasteiger partial charge in [-0.3, -0.25) is 9.78 Å². The Balaban J connectivity index is 1.88. The van der Waals surface area contributed by atoms with Crippen molar-refractivity contribution >= 4 is 12.0 Å². The van der Waals surface area contributed by atoms with Crippen molar-refractivity contribution in [1.82, 2.24) is 4.98 Å². The van der Waals surface area contributed by atoms with E-state index in [2.05, 4.69) is 23.2 Å². The molecule has 1 aliphatic heterocycles. The van der Waals surface area contributed by atoms with Crippen molar-refractivity contribution in [3.8, 4) is 16.9 Å². The van der Waals surface area contributed by atoms with Crippen molar-refractivity contribution in [3.63, 3.8) is 0 Å². The lowest BCUT2D eigenvalue weighted by Gasteiger charge is -2.28. The molecule has 0 radical (unpaired) electrons. The van der Waals surface area contributed by atoms with E-state index >= 15 is 0 Å². The molecule has 118 valence electrons. The van der Waals surface area contributed by atoms with Gasteiger partial charge in [-0.15, -0.1) is 0 Å². The molecule has 2 aromatic rings. The van der Waals surface area contributed by atoms with Crippen LogP contribution in [-0.4, -0.2) is 16.6 Å². The average Bonchev–Trinajstić information content (AvgIpc) is 2.52. The van der Waals surface area contributed by atoms with Crippen molar-refractivity contribution in [1.29, 1.82) is 0 Å². The molecule has 1 aromatic carbocycles. The van der Waals surface area contributed by atoms with Gasteiger partial charge in [0.15, 0.2) is 0 Å². The number of ether oxygens (including phenoxy) is 2. The Bertz CT molecular complexity index is 778. The lowest BCUT2D eigenvalue weighted by Crippen LogP contribution is -2.27. The average molecular weight is 309 g/mol.